The lowest BCUT2D eigenvalue weighted by molar-refractivity contribution is -0.133. The molecule has 5 rings (SSSR count). The summed E-state index contributed by atoms with van der Waals surface area (Å²) in [4.78, 5) is 38.0. The Hall–Kier alpha value is -2.96. The average Bonchev–Trinajstić information content (AvgIpc) is 3.06. The van der Waals surface area contributed by atoms with E-state index in [1.807, 2.05) is 30.3 Å². The fourth-order valence-electron chi connectivity index (χ4n) is 4.33. The van der Waals surface area contributed by atoms with Gasteiger partial charge >= 0.3 is 0 Å². The number of fused-ring (bicyclic) bond motifs is 2. The minimum atomic E-state index is -0.599. The lowest BCUT2D eigenvalue weighted by Crippen LogP contribution is -2.44. The molecule has 0 bridgehead atoms. The maximum absolute atomic E-state index is 13.2. The summed E-state index contributed by atoms with van der Waals surface area (Å²) in [7, 11) is 0. The number of hydrogen-bond donors (Lipinski definition) is 0. The van der Waals surface area contributed by atoms with Gasteiger partial charge in [-0.3, -0.25) is 9.59 Å². The SMILES string of the molecule is O=C(CN1C(=O)c2ccccc2C1c1nc(Cl)ncc1Cl)N1CCc2ccccc2C1. The molecule has 2 amide bonds. The third kappa shape index (κ3) is 3.56. The van der Waals surface area contributed by atoms with Crippen molar-refractivity contribution in [3.63, 3.8) is 0 Å². The molecule has 0 saturated carbocycles. The molecule has 0 spiro atoms. The van der Waals surface area contributed by atoms with Crippen molar-refractivity contribution in [3.8, 4) is 0 Å². The van der Waals surface area contributed by atoms with Gasteiger partial charge in [0.05, 0.1) is 16.9 Å². The van der Waals surface area contributed by atoms with Crippen molar-refractivity contribution in [1.29, 1.82) is 0 Å². The van der Waals surface area contributed by atoms with Crippen LogP contribution in [-0.4, -0.2) is 44.7 Å². The van der Waals surface area contributed by atoms with Crippen molar-refractivity contribution >= 4 is 35.0 Å². The maximum Gasteiger partial charge on any atom is 0.255 e. The molecule has 6 nitrogen and oxygen atoms in total. The maximum atomic E-state index is 13.2. The van der Waals surface area contributed by atoms with Crippen LogP contribution in [0.25, 0.3) is 0 Å². The summed E-state index contributed by atoms with van der Waals surface area (Å²) >= 11 is 12.4. The Bertz CT molecular complexity index is 1200. The zero-order chi connectivity index (χ0) is 21.5. The van der Waals surface area contributed by atoms with Crippen molar-refractivity contribution in [1.82, 2.24) is 19.8 Å². The Labute approximate surface area is 189 Å². The highest BCUT2D eigenvalue weighted by atomic mass is 35.5. The van der Waals surface area contributed by atoms with E-state index < -0.39 is 6.04 Å². The monoisotopic (exact) mass is 452 g/mol. The third-order valence-corrected chi connectivity index (χ3v) is 6.32. The van der Waals surface area contributed by atoms with E-state index in [2.05, 4.69) is 16.0 Å². The fourth-order valence-corrected chi connectivity index (χ4v) is 4.67. The Morgan fingerprint density at radius 1 is 1.06 bits per heavy atom. The molecule has 8 heteroatoms. The Morgan fingerprint density at radius 2 is 1.81 bits per heavy atom. The molecule has 0 fully saturated rings. The smallest absolute Gasteiger partial charge is 0.255 e. The number of nitrogens with zero attached hydrogens (tertiary/aromatic N) is 4. The lowest BCUT2D eigenvalue weighted by Gasteiger charge is -2.32. The van der Waals surface area contributed by atoms with E-state index in [1.165, 1.54) is 16.7 Å². The molecule has 0 aliphatic carbocycles. The van der Waals surface area contributed by atoms with Gasteiger partial charge in [-0.2, -0.15) is 0 Å². The lowest BCUT2D eigenvalue weighted by atomic mass is 10.00. The third-order valence-electron chi connectivity index (χ3n) is 5.85. The zero-order valence-electron chi connectivity index (χ0n) is 16.5. The summed E-state index contributed by atoms with van der Waals surface area (Å²) in [5.41, 5.74) is 4.10. The summed E-state index contributed by atoms with van der Waals surface area (Å²) < 4.78 is 0. The zero-order valence-corrected chi connectivity index (χ0v) is 18.0. The predicted octanol–water partition coefficient (Wildman–Crippen LogP) is 3.91. The van der Waals surface area contributed by atoms with Crippen LogP contribution in [0, 0.1) is 0 Å². The number of amides is 2. The van der Waals surface area contributed by atoms with Crippen molar-refractivity contribution < 1.29 is 9.59 Å². The van der Waals surface area contributed by atoms with Crippen LogP contribution >= 0.6 is 23.2 Å². The summed E-state index contributed by atoms with van der Waals surface area (Å²) in [6, 6.07) is 14.8. The molecule has 2 aliphatic rings. The topological polar surface area (TPSA) is 66.4 Å². The van der Waals surface area contributed by atoms with E-state index in [0.29, 0.717) is 29.4 Å². The molecule has 156 valence electrons. The first-order valence-corrected chi connectivity index (χ1v) is 10.7. The second-order valence-electron chi connectivity index (χ2n) is 7.63. The highest BCUT2D eigenvalue weighted by Crippen LogP contribution is 2.40. The van der Waals surface area contributed by atoms with Gasteiger partial charge in [-0.05, 0) is 40.8 Å². The molecule has 2 aliphatic heterocycles. The van der Waals surface area contributed by atoms with Crippen molar-refractivity contribution in [3.05, 3.63) is 93.0 Å². The van der Waals surface area contributed by atoms with Gasteiger partial charge < -0.3 is 9.80 Å². The van der Waals surface area contributed by atoms with E-state index in [0.717, 1.165) is 17.5 Å². The number of carbonyl (C=O) groups excluding carboxylic acids is 2. The van der Waals surface area contributed by atoms with Gasteiger partial charge in [-0.15, -0.1) is 0 Å². The molecule has 1 unspecified atom stereocenters. The Kier molecular flexibility index (Phi) is 5.12. The van der Waals surface area contributed by atoms with Crippen LogP contribution in [0.15, 0.2) is 54.7 Å². The van der Waals surface area contributed by atoms with Gasteiger partial charge in [-0.1, -0.05) is 54.1 Å². The quantitative estimate of drug-likeness (QED) is 0.564. The summed E-state index contributed by atoms with van der Waals surface area (Å²) in [5, 5.41) is 0.332. The summed E-state index contributed by atoms with van der Waals surface area (Å²) in [6.45, 7) is 1.09. The second-order valence-corrected chi connectivity index (χ2v) is 8.37. The molecule has 0 saturated heterocycles. The van der Waals surface area contributed by atoms with Crippen LogP contribution in [0.3, 0.4) is 0 Å². The fraction of sp³-hybridized carbons (Fsp3) is 0.217. The van der Waals surface area contributed by atoms with Gasteiger partial charge in [0.15, 0.2) is 0 Å². The van der Waals surface area contributed by atoms with Crippen LogP contribution in [0.5, 0.6) is 0 Å². The summed E-state index contributed by atoms with van der Waals surface area (Å²) in [5.74, 6) is -0.339. The van der Waals surface area contributed by atoms with Crippen LogP contribution in [-0.2, 0) is 17.8 Å². The molecular weight excluding hydrogens is 435 g/mol. The second kappa shape index (κ2) is 7.94. The van der Waals surface area contributed by atoms with Crippen molar-refractivity contribution in [2.75, 3.05) is 13.1 Å². The molecule has 3 aromatic rings. The van der Waals surface area contributed by atoms with Crippen molar-refractivity contribution in [2.24, 2.45) is 0 Å². The van der Waals surface area contributed by atoms with Crippen LogP contribution in [0.1, 0.15) is 38.8 Å². The number of rotatable bonds is 3. The molecule has 2 aromatic carbocycles. The first kappa shape index (κ1) is 20.0. The molecule has 3 heterocycles. The molecule has 1 atom stereocenters. The Balaban J connectivity index is 1.47. The highest BCUT2D eigenvalue weighted by molar-refractivity contribution is 6.32. The van der Waals surface area contributed by atoms with Gasteiger partial charge in [0.25, 0.3) is 5.91 Å². The molecule has 0 radical (unpaired) electrons. The van der Waals surface area contributed by atoms with Crippen LogP contribution in [0.4, 0.5) is 0 Å². The van der Waals surface area contributed by atoms with E-state index in [9.17, 15) is 9.59 Å². The number of aromatic nitrogens is 2. The molecule has 31 heavy (non-hydrogen) atoms. The van der Waals surface area contributed by atoms with Gasteiger partial charge in [-0.25, -0.2) is 9.97 Å². The normalized spacial score (nSPS) is 17.5. The van der Waals surface area contributed by atoms with E-state index in [1.54, 1.807) is 17.0 Å². The van der Waals surface area contributed by atoms with Gasteiger partial charge in [0.2, 0.25) is 11.2 Å². The number of halogens is 2. The minimum Gasteiger partial charge on any atom is -0.336 e. The van der Waals surface area contributed by atoms with E-state index in [4.69, 9.17) is 23.2 Å². The largest absolute Gasteiger partial charge is 0.336 e. The van der Waals surface area contributed by atoms with Crippen LogP contribution in [0.2, 0.25) is 10.3 Å². The molecule has 1 aromatic heterocycles. The number of carbonyl (C=O) groups is 2. The minimum absolute atomic E-state index is 0.0372. The number of hydrogen-bond acceptors (Lipinski definition) is 4. The number of benzene rings is 2. The summed E-state index contributed by atoms with van der Waals surface area (Å²) in [6.07, 6.45) is 2.21. The first-order valence-electron chi connectivity index (χ1n) is 9.95. The van der Waals surface area contributed by atoms with Gasteiger partial charge in [0.1, 0.15) is 12.6 Å². The standard InChI is InChI=1S/C23H18Cl2N4O2/c24-18-11-26-23(25)27-20(18)21-16-7-3-4-8-17(16)22(31)29(21)13-19(30)28-10-9-14-5-1-2-6-15(14)12-28/h1-8,11,21H,9-10,12-13H2. The van der Waals surface area contributed by atoms with E-state index >= 15 is 0 Å². The van der Waals surface area contributed by atoms with Crippen LogP contribution < -0.4 is 0 Å². The predicted molar refractivity (Wildman–Crippen MR) is 117 cm³/mol. The average molecular weight is 453 g/mol. The van der Waals surface area contributed by atoms with E-state index in [-0.39, 0.29) is 23.6 Å². The van der Waals surface area contributed by atoms with Crippen molar-refractivity contribution in [2.45, 2.75) is 19.0 Å². The first-order chi connectivity index (χ1) is 15.0. The Morgan fingerprint density at radius 3 is 2.65 bits per heavy atom. The molecular formula is C23H18Cl2N4O2. The highest BCUT2D eigenvalue weighted by Gasteiger charge is 2.41. The molecule has 0 N–H and O–H groups in total. The van der Waals surface area contributed by atoms with Gasteiger partial charge in [0, 0.05) is 18.7 Å².